The normalized spacial score (nSPS) is 13.4. The number of unbranched alkanes of at least 4 members (excludes halogenated alkanes) is 1. The molecule has 306 valence electrons. The second kappa shape index (κ2) is 19.4. The molecule has 1 atom stereocenters. The summed E-state index contributed by atoms with van der Waals surface area (Å²) in [5.74, 6) is -0.932. The van der Waals surface area contributed by atoms with Crippen LogP contribution in [0.2, 0.25) is 0 Å². The van der Waals surface area contributed by atoms with Crippen LogP contribution in [0.25, 0.3) is 52.9 Å². The van der Waals surface area contributed by atoms with Crippen LogP contribution in [0.1, 0.15) is 59.0 Å². The molecule has 8 aromatic heterocycles. The Kier molecular flexibility index (Phi) is 13.6. The standard InChI is InChI=1S/C47H31FN4O2S8/c1-3-5-6-26(4-2)25-54-47(53)46-42(48)41-43(39-13-9-31(57-39)19-29-7-11-35(55-29)37-17-15-33(59-37)27(21-49)22-50)61-44(45(41)62-46)40-14-10-32(58-40)20-30-8-12-36(56-30)38-18-16-34(60-38)28(23-51)24-52/h7-20,26H,3-6,25H2,1-2H3/b29-19-,30-20-,37-35+,38-36+. The Labute approximate surface area is 387 Å². The molecule has 0 N–H and O–H groups in total. The molecule has 0 bridgehead atoms. The van der Waals surface area contributed by atoms with Gasteiger partial charge in [-0.3, -0.25) is 0 Å². The van der Waals surface area contributed by atoms with Gasteiger partial charge >= 0.3 is 5.97 Å². The largest absolute Gasteiger partial charge is 0.461 e. The molecule has 8 heterocycles. The van der Waals surface area contributed by atoms with Crippen LogP contribution in [-0.4, -0.2) is 12.6 Å². The lowest BCUT2D eigenvalue weighted by Gasteiger charge is -2.14. The molecule has 1 unspecified atom stereocenters. The minimum Gasteiger partial charge on any atom is -0.461 e. The first-order chi connectivity index (χ1) is 30.2. The number of halogens is 1. The van der Waals surface area contributed by atoms with Gasteiger partial charge in [-0.25, -0.2) is 9.18 Å². The molecule has 0 spiro atoms. The molecule has 0 fully saturated rings. The number of esters is 1. The summed E-state index contributed by atoms with van der Waals surface area (Å²) >= 11 is 11.9. The molecule has 62 heavy (non-hydrogen) atoms. The maximum atomic E-state index is 16.7. The van der Waals surface area contributed by atoms with Crippen molar-refractivity contribution >= 4 is 130 Å². The molecule has 0 aromatic carbocycles. The third-order valence-electron chi connectivity index (χ3n) is 9.83. The van der Waals surface area contributed by atoms with Crippen molar-refractivity contribution in [3.8, 4) is 43.8 Å². The number of thiophene rings is 8. The van der Waals surface area contributed by atoms with Crippen molar-refractivity contribution in [1.29, 1.82) is 21.0 Å². The summed E-state index contributed by atoms with van der Waals surface area (Å²) in [6, 6.07) is 31.7. The van der Waals surface area contributed by atoms with E-state index in [1.165, 1.54) is 34.0 Å². The van der Waals surface area contributed by atoms with E-state index in [4.69, 9.17) is 4.74 Å². The summed E-state index contributed by atoms with van der Waals surface area (Å²) in [4.78, 5) is 19.1. The van der Waals surface area contributed by atoms with Crippen LogP contribution in [0, 0.1) is 75.2 Å². The summed E-state index contributed by atoms with van der Waals surface area (Å²) < 4.78 is 30.7. The number of hydrogen-bond donors (Lipinski definition) is 0. The first-order valence-corrected chi connectivity index (χ1v) is 25.8. The Morgan fingerprint density at radius 2 is 1.16 bits per heavy atom. The van der Waals surface area contributed by atoms with Crippen LogP contribution < -0.4 is 18.1 Å². The van der Waals surface area contributed by atoms with Crippen LogP contribution in [0.3, 0.4) is 0 Å². The van der Waals surface area contributed by atoms with Gasteiger partial charge in [-0.05, 0) is 97.3 Å². The van der Waals surface area contributed by atoms with E-state index in [1.807, 2.05) is 72.8 Å². The predicted octanol–water partition coefficient (Wildman–Crippen LogP) is 11.8. The van der Waals surface area contributed by atoms with Crippen LogP contribution in [-0.2, 0) is 4.74 Å². The molecule has 0 aliphatic carbocycles. The lowest BCUT2D eigenvalue weighted by atomic mass is 10.0. The number of nitriles is 4. The molecule has 15 heteroatoms. The second-order valence-electron chi connectivity index (χ2n) is 13.8. The van der Waals surface area contributed by atoms with Gasteiger partial charge in [0.25, 0.3) is 0 Å². The Balaban J connectivity index is 1.17. The van der Waals surface area contributed by atoms with Crippen molar-refractivity contribution in [3.05, 3.63) is 130 Å². The number of carbonyl (C=O) groups excluding carboxylic acids is 1. The third-order valence-corrected chi connectivity index (χ3v) is 19.4. The quantitative estimate of drug-likeness (QED) is 0.119. The van der Waals surface area contributed by atoms with Gasteiger partial charge in [0.05, 0.1) is 30.1 Å². The fraction of sp³-hybridized carbons (Fsp3) is 0.170. The molecule has 0 amide bonds. The molecule has 0 saturated heterocycles. The summed E-state index contributed by atoms with van der Waals surface area (Å²) in [6.07, 6.45) is 8.18. The SMILES string of the molecule is CCCCC(CC)COC(=O)c1sc2c(-c3ccc(/C=c4/cc/c(=c5/ccc(=C(C#N)C#N)s5)s4)s3)sc(-c3ccc(/C=c4/cc/c(=c5/ccc(=C(C#N)C#N)s5)s4)s3)c2c1F. The maximum Gasteiger partial charge on any atom is 0.351 e. The Morgan fingerprint density at radius 3 is 1.68 bits per heavy atom. The predicted molar refractivity (Wildman–Crippen MR) is 257 cm³/mol. The average Bonchev–Trinajstić information content (AvgIpc) is 4.12. The highest BCUT2D eigenvalue weighted by Gasteiger charge is 2.28. The molecule has 0 aliphatic rings. The van der Waals surface area contributed by atoms with Gasteiger partial charge in [-0.2, -0.15) is 21.0 Å². The van der Waals surface area contributed by atoms with Gasteiger partial charge in [-0.15, -0.1) is 90.7 Å². The number of carbonyl (C=O) groups is 1. The highest BCUT2D eigenvalue weighted by molar-refractivity contribution is 7.33. The molecule has 0 radical (unpaired) electrons. The third kappa shape index (κ3) is 9.09. The van der Waals surface area contributed by atoms with Gasteiger partial charge in [-0.1, -0.05) is 33.1 Å². The van der Waals surface area contributed by atoms with Gasteiger partial charge < -0.3 is 4.74 Å². The zero-order valence-corrected chi connectivity index (χ0v) is 39.5. The molecular formula is C47H31FN4O2S8. The van der Waals surface area contributed by atoms with Crippen LogP contribution in [0.4, 0.5) is 4.39 Å². The average molecular weight is 959 g/mol. The van der Waals surface area contributed by atoms with Crippen molar-refractivity contribution in [3.63, 3.8) is 0 Å². The van der Waals surface area contributed by atoms with Crippen LogP contribution in [0.5, 0.6) is 0 Å². The summed E-state index contributed by atoms with van der Waals surface area (Å²) in [7, 11) is 0. The van der Waals surface area contributed by atoms with Crippen molar-refractivity contribution in [2.45, 2.75) is 39.5 Å². The van der Waals surface area contributed by atoms with E-state index in [1.54, 1.807) is 51.4 Å². The van der Waals surface area contributed by atoms with E-state index in [2.05, 4.69) is 44.2 Å². The van der Waals surface area contributed by atoms with Crippen LogP contribution >= 0.6 is 90.7 Å². The highest BCUT2D eigenvalue weighted by atomic mass is 32.1. The number of ether oxygens (including phenoxy) is 1. The van der Waals surface area contributed by atoms with E-state index in [-0.39, 0.29) is 28.5 Å². The number of hydrogen-bond acceptors (Lipinski definition) is 14. The molecule has 0 saturated carbocycles. The minimum atomic E-state index is -0.623. The molecule has 8 rings (SSSR count). The second-order valence-corrected chi connectivity index (χ2v) is 22.5. The number of fused-ring (bicyclic) bond motifs is 1. The molecule has 8 aromatic rings. The van der Waals surface area contributed by atoms with Crippen LogP contribution in [0.15, 0.2) is 72.8 Å². The van der Waals surface area contributed by atoms with Crippen molar-refractivity contribution < 1.29 is 13.9 Å². The monoisotopic (exact) mass is 958 g/mol. The van der Waals surface area contributed by atoms with Crippen molar-refractivity contribution in [1.82, 2.24) is 0 Å². The van der Waals surface area contributed by atoms with E-state index >= 15 is 4.39 Å². The maximum absolute atomic E-state index is 16.7. The Morgan fingerprint density at radius 1 is 0.645 bits per heavy atom. The van der Waals surface area contributed by atoms with Gasteiger partial charge in [0.1, 0.15) is 40.3 Å². The zero-order chi connectivity index (χ0) is 43.3. The Bertz CT molecular complexity index is 3610. The fourth-order valence-corrected chi connectivity index (χ4v) is 15.5. The fourth-order valence-electron chi connectivity index (χ4n) is 6.59. The first-order valence-electron chi connectivity index (χ1n) is 19.3. The van der Waals surface area contributed by atoms with Gasteiger partial charge in [0.2, 0.25) is 0 Å². The summed E-state index contributed by atoms with van der Waals surface area (Å²) in [6.45, 7) is 4.50. The first kappa shape index (κ1) is 43.4. The van der Waals surface area contributed by atoms with E-state index in [0.717, 1.165) is 98.2 Å². The summed E-state index contributed by atoms with van der Waals surface area (Å²) in [5, 5.41) is 37.6. The molecular weight excluding hydrogens is 928 g/mol. The smallest absolute Gasteiger partial charge is 0.351 e. The lowest BCUT2D eigenvalue weighted by Crippen LogP contribution is -2.14. The minimum absolute atomic E-state index is 0.00320. The van der Waals surface area contributed by atoms with Crippen molar-refractivity contribution in [2.75, 3.05) is 6.61 Å². The number of nitrogens with zero attached hydrogens (tertiary/aromatic N) is 4. The zero-order valence-electron chi connectivity index (χ0n) is 32.9. The van der Waals surface area contributed by atoms with E-state index < -0.39 is 11.8 Å². The van der Waals surface area contributed by atoms with Crippen molar-refractivity contribution in [2.24, 2.45) is 5.92 Å². The lowest BCUT2D eigenvalue weighted by molar-refractivity contribution is 0.0429. The van der Waals surface area contributed by atoms with E-state index in [0.29, 0.717) is 14.5 Å². The Hall–Kier alpha value is -5.30. The topological polar surface area (TPSA) is 121 Å². The van der Waals surface area contributed by atoms with Gasteiger partial charge in [0.15, 0.2) is 5.82 Å². The molecule has 0 aliphatic heterocycles. The van der Waals surface area contributed by atoms with E-state index in [9.17, 15) is 25.8 Å². The molecule has 6 nitrogen and oxygen atoms in total. The summed E-state index contributed by atoms with van der Waals surface area (Å²) in [5.41, 5.74) is 0.207. The van der Waals surface area contributed by atoms with Gasteiger partial charge in [0, 0.05) is 52.1 Å². The number of rotatable bonds is 11. The highest BCUT2D eigenvalue weighted by Crippen LogP contribution is 2.52.